The molecule has 2 nitrogen and oxygen atoms in total. The third kappa shape index (κ3) is 1.67. The third-order valence-electron chi connectivity index (χ3n) is 2.79. The molecular formula is C13H15NO. The summed E-state index contributed by atoms with van der Waals surface area (Å²) in [6.45, 7) is 5.74. The van der Waals surface area contributed by atoms with Gasteiger partial charge in [-0.15, -0.1) is 0 Å². The molecule has 15 heavy (non-hydrogen) atoms. The molecule has 78 valence electrons. The first-order valence-corrected chi connectivity index (χ1v) is 5.16. The monoisotopic (exact) mass is 201 g/mol. The first-order chi connectivity index (χ1) is 7.09. The average molecular weight is 201 g/mol. The van der Waals surface area contributed by atoms with Crippen molar-refractivity contribution in [2.24, 2.45) is 0 Å². The first kappa shape index (κ1) is 9.97. The SMILES string of the molecule is CC(=O)Cc1c(C)[nH]c2c(C)cccc12. The summed E-state index contributed by atoms with van der Waals surface area (Å²) in [5.74, 6) is 0.209. The molecule has 0 saturated carbocycles. The van der Waals surface area contributed by atoms with E-state index in [1.54, 1.807) is 6.92 Å². The van der Waals surface area contributed by atoms with Crippen LogP contribution >= 0.6 is 0 Å². The van der Waals surface area contributed by atoms with Gasteiger partial charge >= 0.3 is 0 Å². The number of para-hydroxylation sites is 1. The van der Waals surface area contributed by atoms with Crippen LogP contribution in [-0.2, 0) is 11.2 Å². The van der Waals surface area contributed by atoms with E-state index in [4.69, 9.17) is 0 Å². The number of carbonyl (C=O) groups excluding carboxylic acids is 1. The predicted molar refractivity (Wildman–Crippen MR) is 62.2 cm³/mol. The number of aryl methyl sites for hydroxylation is 2. The standard InChI is InChI=1S/C13H15NO/c1-8-5-4-6-11-12(7-9(2)15)10(3)14-13(8)11/h4-6,14H,7H2,1-3H3. The number of aromatic nitrogens is 1. The Morgan fingerprint density at radius 3 is 2.73 bits per heavy atom. The Balaban J connectivity index is 2.68. The van der Waals surface area contributed by atoms with Gasteiger partial charge in [0.2, 0.25) is 0 Å². The smallest absolute Gasteiger partial charge is 0.134 e. The number of hydrogen-bond acceptors (Lipinski definition) is 1. The van der Waals surface area contributed by atoms with Crippen LogP contribution in [0.3, 0.4) is 0 Å². The third-order valence-corrected chi connectivity index (χ3v) is 2.79. The fraction of sp³-hybridized carbons (Fsp3) is 0.308. The van der Waals surface area contributed by atoms with Gasteiger partial charge in [-0.2, -0.15) is 0 Å². The van der Waals surface area contributed by atoms with E-state index in [1.165, 1.54) is 10.9 Å². The van der Waals surface area contributed by atoms with E-state index >= 15 is 0 Å². The van der Waals surface area contributed by atoms with Gasteiger partial charge in [0.05, 0.1) is 0 Å². The molecule has 0 amide bonds. The molecule has 0 unspecified atom stereocenters. The number of hydrogen-bond donors (Lipinski definition) is 1. The van der Waals surface area contributed by atoms with Crippen molar-refractivity contribution in [3.8, 4) is 0 Å². The van der Waals surface area contributed by atoms with Crippen LogP contribution < -0.4 is 0 Å². The molecule has 0 fully saturated rings. The minimum Gasteiger partial charge on any atom is -0.358 e. The lowest BCUT2D eigenvalue weighted by atomic mass is 10.0. The van der Waals surface area contributed by atoms with Crippen LogP contribution in [0.1, 0.15) is 23.7 Å². The number of Topliss-reactive ketones (excluding diaryl/α,β-unsaturated/α-hetero) is 1. The highest BCUT2D eigenvalue weighted by atomic mass is 16.1. The Morgan fingerprint density at radius 1 is 1.33 bits per heavy atom. The van der Waals surface area contributed by atoms with E-state index in [2.05, 4.69) is 24.0 Å². The zero-order chi connectivity index (χ0) is 11.0. The maximum absolute atomic E-state index is 11.2. The minimum atomic E-state index is 0.209. The number of rotatable bonds is 2. The van der Waals surface area contributed by atoms with Crippen molar-refractivity contribution in [1.82, 2.24) is 4.98 Å². The molecule has 0 saturated heterocycles. The maximum Gasteiger partial charge on any atom is 0.134 e. The van der Waals surface area contributed by atoms with E-state index in [1.807, 2.05) is 13.0 Å². The molecule has 0 bridgehead atoms. The predicted octanol–water partition coefficient (Wildman–Crippen LogP) is 2.92. The second kappa shape index (κ2) is 3.54. The molecular weight excluding hydrogens is 186 g/mol. The number of aromatic amines is 1. The normalized spacial score (nSPS) is 10.9. The molecule has 2 rings (SSSR count). The molecule has 0 aliphatic carbocycles. The molecule has 0 spiro atoms. The molecule has 2 heteroatoms. The lowest BCUT2D eigenvalue weighted by molar-refractivity contribution is -0.116. The molecule has 0 atom stereocenters. The highest BCUT2D eigenvalue weighted by molar-refractivity contribution is 5.91. The fourth-order valence-electron chi connectivity index (χ4n) is 2.03. The van der Waals surface area contributed by atoms with E-state index < -0.39 is 0 Å². The van der Waals surface area contributed by atoms with Gasteiger partial charge in [-0.3, -0.25) is 4.79 Å². The van der Waals surface area contributed by atoms with Gasteiger partial charge in [0, 0.05) is 23.0 Å². The van der Waals surface area contributed by atoms with Gasteiger partial charge in [0.15, 0.2) is 0 Å². The number of nitrogens with one attached hydrogen (secondary N) is 1. The van der Waals surface area contributed by atoms with Crippen LogP contribution in [0.2, 0.25) is 0 Å². The second-order valence-electron chi connectivity index (χ2n) is 4.10. The molecule has 1 heterocycles. The van der Waals surface area contributed by atoms with Crippen LogP contribution in [0.15, 0.2) is 18.2 Å². The average Bonchev–Trinajstić information content (AvgIpc) is 2.45. The summed E-state index contributed by atoms with van der Waals surface area (Å²) in [4.78, 5) is 14.5. The van der Waals surface area contributed by atoms with Crippen molar-refractivity contribution in [1.29, 1.82) is 0 Å². The summed E-state index contributed by atoms with van der Waals surface area (Å²) in [6, 6.07) is 6.19. The molecule has 1 N–H and O–H groups in total. The van der Waals surface area contributed by atoms with Crippen LogP contribution in [0.4, 0.5) is 0 Å². The van der Waals surface area contributed by atoms with Gasteiger partial charge in [-0.1, -0.05) is 18.2 Å². The van der Waals surface area contributed by atoms with E-state index in [9.17, 15) is 4.79 Å². The quantitative estimate of drug-likeness (QED) is 0.796. The van der Waals surface area contributed by atoms with Crippen LogP contribution in [-0.4, -0.2) is 10.8 Å². The van der Waals surface area contributed by atoms with Gasteiger partial charge < -0.3 is 4.98 Å². The first-order valence-electron chi connectivity index (χ1n) is 5.16. The molecule has 1 aromatic carbocycles. The Morgan fingerprint density at radius 2 is 2.07 bits per heavy atom. The molecule has 0 aliphatic rings. The summed E-state index contributed by atoms with van der Waals surface area (Å²) >= 11 is 0. The lowest BCUT2D eigenvalue weighted by Gasteiger charge is -1.98. The second-order valence-corrected chi connectivity index (χ2v) is 4.10. The molecule has 1 aromatic heterocycles. The van der Waals surface area contributed by atoms with Gasteiger partial charge in [-0.05, 0) is 31.9 Å². The largest absolute Gasteiger partial charge is 0.358 e. The van der Waals surface area contributed by atoms with Gasteiger partial charge in [0.25, 0.3) is 0 Å². The number of carbonyl (C=O) groups is 1. The van der Waals surface area contributed by atoms with Crippen molar-refractivity contribution in [2.75, 3.05) is 0 Å². The summed E-state index contributed by atoms with van der Waals surface area (Å²) in [5.41, 5.74) is 4.63. The summed E-state index contributed by atoms with van der Waals surface area (Å²) < 4.78 is 0. The van der Waals surface area contributed by atoms with Crippen molar-refractivity contribution in [3.63, 3.8) is 0 Å². The Kier molecular flexibility index (Phi) is 2.35. The highest BCUT2D eigenvalue weighted by Gasteiger charge is 2.10. The van der Waals surface area contributed by atoms with Gasteiger partial charge in [-0.25, -0.2) is 0 Å². The van der Waals surface area contributed by atoms with Crippen molar-refractivity contribution in [2.45, 2.75) is 27.2 Å². The van der Waals surface area contributed by atoms with Crippen molar-refractivity contribution in [3.05, 3.63) is 35.0 Å². The Hall–Kier alpha value is -1.57. The summed E-state index contributed by atoms with van der Waals surface area (Å²) in [5, 5.41) is 1.18. The van der Waals surface area contributed by atoms with Crippen molar-refractivity contribution >= 4 is 16.7 Å². The number of fused-ring (bicyclic) bond motifs is 1. The minimum absolute atomic E-state index is 0.209. The number of H-pyrrole nitrogens is 1. The summed E-state index contributed by atoms with van der Waals surface area (Å²) in [7, 11) is 0. The van der Waals surface area contributed by atoms with E-state index in [-0.39, 0.29) is 5.78 Å². The van der Waals surface area contributed by atoms with E-state index in [0.717, 1.165) is 16.8 Å². The molecule has 2 aromatic rings. The van der Waals surface area contributed by atoms with Gasteiger partial charge in [0.1, 0.15) is 5.78 Å². The highest BCUT2D eigenvalue weighted by Crippen LogP contribution is 2.24. The Bertz CT molecular complexity index is 523. The maximum atomic E-state index is 11.2. The Labute approximate surface area is 89.3 Å². The number of benzene rings is 1. The number of ketones is 1. The fourth-order valence-corrected chi connectivity index (χ4v) is 2.03. The topological polar surface area (TPSA) is 32.9 Å². The molecule has 0 radical (unpaired) electrons. The zero-order valence-corrected chi connectivity index (χ0v) is 9.35. The van der Waals surface area contributed by atoms with E-state index in [0.29, 0.717) is 6.42 Å². The van der Waals surface area contributed by atoms with Crippen molar-refractivity contribution < 1.29 is 4.79 Å². The van der Waals surface area contributed by atoms with Crippen LogP contribution in [0.25, 0.3) is 10.9 Å². The lowest BCUT2D eigenvalue weighted by Crippen LogP contribution is -1.96. The zero-order valence-electron chi connectivity index (χ0n) is 9.35. The van der Waals surface area contributed by atoms with Crippen LogP contribution in [0.5, 0.6) is 0 Å². The molecule has 0 aliphatic heterocycles. The van der Waals surface area contributed by atoms with Crippen LogP contribution in [0, 0.1) is 13.8 Å². The summed E-state index contributed by atoms with van der Waals surface area (Å²) in [6.07, 6.45) is 0.523.